The highest BCUT2D eigenvalue weighted by Gasteiger charge is 2.17. The molecule has 7 heteroatoms. The number of amidine groups is 1. The highest BCUT2D eigenvalue weighted by molar-refractivity contribution is 6.04. The summed E-state index contributed by atoms with van der Waals surface area (Å²) in [5.41, 5.74) is 1.70. The predicted octanol–water partition coefficient (Wildman–Crippen LogP) is 3.19. The fourth-order valence-electron chi connectivity index (χ4n) is 2.78. The van der Waals surface area contributed by atoms with Gasteiger partial charge in [0.2, 0.25) is 6.79 Å². The van der Waals surface area contributed by atoms with Gasteiger partial charge in [-0.2, -0.15) is 0 Å². The Bertz CT molecular complexity index is 823. The summed E-state index contributed by atoms with van der Waals surface area (Å²) >= 11 is 0. The lowest BCUT2D eigenvalue weighted by Gasteiger charge is -2.11. The summed E-state index contributed by atoms with van der Waals surface area (Å²) in [5, 5.41) is 2.74. The number of benzene rings is 2. The Labute approximate surface area is 170 Å². The largest absolute Gasteiger partial charge is 0.463 e. The third-order valence-corrected chi connectivity index (χ3v) is 4.25. The van der Waals surface area contributed by atoms with E-state index in [9.17, 15) is 4.79 Å². The first-order chi connectivity index (χ1) is 14.3. The summed E-state index contributed by atoms with van der Waals surface area (Å²) < 4.78 is 21.5. The molecule has 1 aliphatic rings. The van der Waals surface area contributed by atoms with E-state index in [-0.39, 0.29) is 18.7 Å². The lowest BCUT2D eigenvalue weighted by atomic mass is 10.1. The highest BCUT2D eigenvalue weighted by atomic mass is 16.7. The Morgan fingerprint density at radius 3 is 2.76 bits per heavy atom. The van der Waals surface area contributed by atoms with Gasteiger partial charge in [0.25, 0.3) is 11.9 Å². The van der Waals surface area contributed by atoms with Gasteiger partial charge in [-0.3, -0.25) is 10.1 Å². The molecule has 154 valence electrons. The van der Waals surface area contributed by atoms with Crippen molar-refractivity contribution in [2.75, 3.05) is 33.2 Å². The molecule has 0 atom stereocenters. The number of hydrogen-bond donors (Lipinski definition) is 1. The minimum absolute atomic E-state index is 0.162. The Hall–Kier alpha value is -3.06. The number of amides is 1. The van der Waals surface area contributed by atoms with Crippen molar-refractivity contribution >= 4 is 11.9 Å². The van der Waals surface area contributed by atoms with E-state index >= 15 is 0 Å². The van der Waals surface area contributed by atoms with E-state index in [1.807, 2.05) is 25.1 Å². The molecule has 0 bridgehead atoms. The van der Waals surface area contributed by atoms with Gasteiger partial charge in [-0.1, -0.05) is 30.3 Å². The van der Waals surface area contributed by atoms with Crippen LogP contribution in [0.2, 0.25) is 0 Å². The quantitative estimate of drug-likeness (QED) is 0.399. The Kier molecular flexibility index (Phi) is 7.89. The Morgan fingerprint density at radius 2 is 1.93 bits per heavy atom. The molecule has 7 nitrogen and oxygen atoms in total. The number of aliphatic imine (C=N–C) groups is 1. The normalized spacial score (nSPS) is 12.7. The molecule has 0 spiro atoms. The standard InChI is InChI=1S/C22H26N2O5/c1-2-26-13-14-27-22(23-12-6-9-17-7-4-3-5-8-17)24-21(25)18-10-11-19-20(15-18)29-16-28-19/h3-5,7-8,10-11,15H,2,6,9,12-14,16H2,1H3,(H,23,24,25). The first-order valence-electron chi connectivity index (χ1n) is 9.76. The Balaban J connectivity index is 1.57. The van der Waals surface area contributed by atoms with Crippen molar-refractivity contribution in [2.45, 2.75) is 19.8 Å². The zero-order valence-corrected chi connectivity index (χ0v) is 16.6. The van der Waals surface area contributed by atoms with E-state index in [4.69, 9.17) is 18.9 Å². The molecule has 0 radical (unpaired) electrons. The van der Waals surface area contributed by atoms with E-state index in [1.54, 1.807) is 18.2 Å². The highest BCUT2D eigenvalue weighted by Crippen LogP contribution is 2.32. The lowest BCUT2D eigenvalue weighted by Crippen LogP contribution is -2.33. The SMILES string of the molecule is CCOCCOC(=NCCCc1ccccc1)NC(=O)c1ccc2c(c1)OCO2. The van der Waals surface area contributed by atoms with Gasteiger partial charge < -0.3 is 18.9 Å². The predicted molar refractivity (Wildman–Crippen MR) is 110 cm³/mol. The van der Waals surface area contributed by atoms with Gasteiger partial charge in [0, 0.05) is 18.7 Å². The van der Waals surface area contributed by atoms with E-state index < -0.39 is 0 Å². The van der Waals surface area contributed by atoms with Crippen molar-refractivity contribution in [1.29, 1.82) is 0 Å². The van der Waals surface area contributed by atoms with Crippen molar-refractivity contribution in [3.05, 3.63) is 59.7 Å². The van der Waals surface area contributed by atoms with E-state index in [0.29, 0.717) is 43.4 Å². The molecule has 0 aliphatic carbocycles. The van der Waals surface area contributed by atoms with Crippen molar-refractivity contribution in [3.8, 4) is 11.5 Å². The number of ether oxygens (including phenoxy) is 4. The van der Waals surface area contributed by atoms with Crippen LogP contribution in [0.5, 0.6) is 11.5 Å². The minimum Gasteiger partial charge on any atom is -0.463 e. The molecule has 2 aromatic carbocycles. The zero-order chi connectivity index (χ0) is 20.3. The van der Waals surface area contributed by atoms with Crippen LogP contribution in [-0.4, -0.2) is 45.1 Å². The van der Waals surface area contributed by atoms with Gasteiger partial charge in [-0.05, 0) is 43.5 Å². The van der Waals surface area contributed by atoms with Crippen molar-refractivity contribution < 1.29 is 23.7 Å². The molecule has 3 rings (SSSR count). The Morgan fingerprint density at radius 1 is 1.10 bits per heavy atom. The molecule has 0 saturated heterocycles. The molecule has 1 N–H and O–H groups in total. The number of aryl methyl sites for hydroxylation is 1. The number of nitrogens with one attached hydrogen (secondary N) is 1. The first kappa shape index (κ1) is 20.7. The summed E-state index contributed by atoms with van der Waals surface area (Å²) in [6, 6.07) is 15.4. The summed E-state index contributed by atoms with van der Waals surface area (Å²) in [6.07, 6.45) is 1.76. The van der Waals surface area contributed by atoms with Crippen LogP contribution >= 0.6 is 0 Å². The molecule has 1 heterocycles. The van der Waals surface area contributed by atoms with Crippen LogP contribution in [-0.2, 0) is 15.9 Å². The van der Waals surface area contributed by atoms with Gasteiger partial charge in [-0.25, -0.2) is 4.99 Å². The van der Waals surface area contributed by atoms with Crippen molar-refractivity contribution in [3.63, 3.8) is 0 Å². The summed E-state index contributed by atoms with van der Waals surface area (Å²) in [4.78, 5) is 17.0. The second kappa shape index (κ2) is 11.1. The molecule has 0 unspecified atom stereocenters. The van der Waals surface area contributed by atoms with Crippen LogP contribution in [0, 0.1) is 0 Å². The topological polar surface area (TPSA) is 78.4 Å². The van der Waals surface area contributed by atoms with Gasteiger partial charge in [0.1, 0.15) is 6.61 Å². The maximum absolute atomic E-state index is 12.6. The van der Waals surface area contributed by atoms with Crippen LogP contribution < -0.4 is 14.8 Å². The third-order valence-electron chi connectivity index (χ3n) is 4.25. The number of carbonyl (C=O) groups is 1. The number of carbonyl (C=O) groups excluding carboxylic acids is 1. The molecule has 2 aromatic rings. The molecular formula is C22H26N2O5. The molecule has 0 fully saturated rings. The smallest absolute Gasteiger partial charge is 0.291 e. The van der Waals surface area contributed by atoms with E-state index in [0.717, 1.165) is 12.8 Å². The number of nitrogens with zero attached hydrogens (tertiary/aromatic N) is 1. The van der Waals surface area contributed by atoms with Crippen LogP contribution in [0.25, 0.3) is 0 Å². The molecule has 0 saturated carbocycles. The van der Waals surface area contributed by atoms with E-state index in [1.165, 1.54) is 5.56 Å². The fourth-order valence-corrected chi connectivity index (χ4v) is 2.78. The van der Waals surface area contributed by atoms with Gasteiger partial charge in [0.05, 0.1) is 6.61 Å². The number of fused-ring (bicyclic) bond motifs is 1. The maximum atomic E-state index is 12.6. The zero-order valence-electron chi connectivity index (χ0n) is 16.6. The van der Waals surface area contributed by atoms with Crippen molar-refractivity contribution in [1.82, 2.24) is 5.32 Å². The maximum Gasteiger partial charge on any atom is 0.291 e. The van der Waals surface area contributed by atoms with E-state index in [2.05, 4.69) is 22.4 Å². The summed E-state index contributed by atoms with van der Waals surface area (Å²) in [6.45, 7) is 3.97. The molecule has 1 amide bonds. The lowest BCUT2D eigenvalue weighted by molar-refractivity contribution is 0.0921. The van der Waals surface area contributed by atoms with Crippen LogP contribution in [0.3, 0.4) is 0 Å². The number of hydrogen-bond acceptors (Lipinski definition) is 6. The van der Waals surface area contributed by atoms with Crippen LogP contribution in [0.1, 0.15) is 29.3 Å². The number of rotatable bonds is 9. The van der Waals surface area contributed by atoms with Gasteiger partial charge in [-0.15, -0.1) is 0 Å². The second-order valence-corrected chi connectivity index (χ2v) is 6.34. The third kappa shape index (κ3) is 6.50. The van der Waals surface area contributed by atoms with Crippen molar-refractivity contribution in [2.24, 2.45) is 4.99 Å². The molecule has 0 aromatic heterocycles. The average Bonchev–Trinajstić information content (AvgIpc) is 3.22. The van der Waals surface area contributed by atoms with Crippen LogP contribution in [0.15, 0.2) is 53.5 Å². The molecular weight excluding hydrogens is 372 g/mol. The van der Waals surface area contributed by atoms with Crippen LogP contribution in [0.4, 0.5) is 0 Å². The first-order valence-corrected chi connectivity index (χ1v) is 9.76. The van der Waals surface area contributed by atoms with Gasteiger partial charge >= 0.3 is 0 Å². The average molecular weight is 398 g/mol. The van der Waals surface area contributed by atoms with Gasteiger partial charge in [0.15, 0.2) is 11.5 Å². The molecule has 1 aliphatic heterocycles. The summed E-state index contributed by atoms with van der Waals surface area (Å²) in [7, 11) is 0. The molecule has 29 heavy (non-hydrogen) atoms. The summed E-state index contributed by atoms with van der Waals surface area (Å²) in [5.74, 6) is 0.863. The fraction of sp³-hybridized carbons (Fsp3) is 0.364. The monoisotopic (exact) mass is 398 g/mol. The minimum atomic E-state index is -0.318. The second-order valence-electron chi connectivity index (χ2n) is 6.34.